The highest BCUT2D eigenvalue weighted by atomic mass is 32.2. The van der Waals surface area contributed by atoms with Gasteiger partial charge in [-0.25, -0.2) is 18.4 Å². The molecule has 7 heteroatoms. The largest absolute Gasteiger partial charge is 0.356 e. The summed E-state index contributed by atoms with van der Waals surface area (Å²) in [5.41, 5.74) is 5.23. The monoisotopic (exact) mass is 440 g/mol. The van der Waals surface area contributed by atoms with Crippen LogP contribution in [0.2, 0.25) is 0 Å². The number of fused-ring (bicyclic) bond motifs is 1. The molecule has 0 amide bonds. The van der Waals surface area contributed by atoms with E-state index in [0.717, 1.165) is 28.1 Å². The first-order valence-corrected chi connectivity index (χ1v) is 11.9. The number of benzene rings is 3. The molecule has 0 saturated carbocycles. The fourth-order valence-corrected chi connectivity index (χ4v) is 4.23. The summed E-state index contributed by atoms with van der Waals surface area (Å²) in [4.78, 5) is 9.41. The predicted molar refractivity (Wildman–Crippen MR) is 127 cm³/mol. The Morgan fingerprint density at radius 3 is 2.16 bits per heavy atom. The molecule has 0 atom stereocenters. The summed E-state index contributed by atoms with van der Waals surface area (Å²) in [6, 6.07) is 28.7. The number of pyridine rings is 1. The van der Waals surface area contributed by atoms with E-state index in [4.69, 9.17) is 4.98 Å². The summed E-state index contributed by atoms with van der Waals surface area (Å²) in [6.07, 6.45) is 2.91. The molecule has 32 heavy (non-hydrogen) atoms. The van der Waals surface area contributed by atoms with Gasteiger partial charge in [-0.3, -0.25) is 4.57 Å². The van der Waals surface area contributed by atoms with Crippen LogP contribution in [0.5, 0.6) is 0 Å². The molecule has 5 rings (SSSR count). The van der Waals surface area contributed by atoms with E-state index in [9.17, 15) is 8.42 Å². The molecule has 6 nitrogen and oxygen atoms in total. The summed E-state index contributed by atoms with van der Waals surface area (Å²) in [5.74, 6) is 0.697. The Hall–Kier alpha value is -3.97. The van der Waals surface area contributed by atoms with Crippen LogP contribution in [0.3, 0.4) is 0 Å². The maximum atomic E-state index is 11.8. The Labute approximate surface area is 186 Å². The number of imidazole rings is 1. The Morgan fingerprint density at radius 1 is 0.781 bits per heavy atom. The summed E-state index contributed by atoms with van der Waals surface area (Å²) in [5, 5.41) is 3.39. The van der Waals surface area contributed by atoms with Crippen LogP contribution in [0.4, 0.5) is 11.4 Å². The lowest BCUT2D eigenvalue weighted by atomic mass is 10.2. The number of nitrogens with one attached hydrogen (secondary N) is 1. The molecule has 3 aromatic carbocycles. The van der Waals surface area contributed by atoms with Gasteiger partial charge >= 0.3 is 0 Å². The summed E-state index contributed by atoms with van der Waals surface area (Å²) in [7, 11) is -3.27. The fraction of sp³-hybridized carbons (Fsp3) is 0.0400. The normalized spacial score (nSPS) is 11.5. The Bertz CT molecular complexity index is 1490. The number of para-hydroxylation sites is 1. The van der Waals surface area contributed by atoms with Gasteiger partial charge in [-0.05, 0) is 72.8 Å². The van der Waals surface area contributed by atoms with Crippen LogP contribution in [0, 0.1) is 0 Å². The summed E-state index contributed by atoms with van der Waals surface area (Å²) in [6.45, 7) is 0. The highest BCUT2D eigenvalue weighted by molar-refractivity contribution is 7.90. The number of aromatic nitrogens is 3. The van der Waals surface area contributed by atoms with Gasteiger partial charge in [0.1, 0.15) is 5.82 Å². The molecular weight excluding hydrogens is 420 g/mol. The van der Waals surface area contributed by atoms with Crippen molar-refractivity contribution < 1.29 is 8.42 Å². The number of hydrogen-bond acceptors (Lipinski definition) is 5. The van der Waals surface area contributed by atoms with Crippen molar-refractivity contribution in [2.75, 3.05) is 11.6 Å². The molecule has 0 radical (unpaired) electrons. The van der Waals surface area contributed by atoms with Crippen molar-refractivity contribution in [3.8, 4) is 17.1 Å². The van der Waals surface area contributed by atoms with Gasteiger partial charge in [0.05, 0.1) is 10.4 Å². The van der Waals surface area contributed by atoms with Gasteiger partial charge in [0.25, 0.3) is 0 Å². The summed E-state index contributed by atoms with van der Waals surface area (Å²) >= 11 is 0. The zero-order valence-corrected chi connectivity index (χ0v) is 18.1. The SMILES string of the molecule is CS(=O)(=O)c1ccc(-c2nc3ncccc3n2-c2ccc(Nc3ccccc3)cc2)cc1. The second kappa shape index (κ2) is 7.94. The minimum Gasteiger partial charge on any atom is -0.356 e. The van der Waals surface area contributed by atoms with E-state index in [-0.39, 0.29) is 4.90 Å². The topological polar surface area (TPSA) is 76.9 Å². The third-order valence-electron chi connectivity index (χ3n) is 5.16. The van der Waals surface area contributed by atoms with Gasteiger partial charge < -0.3 is 5.32 Å². The van der Waals surface area contributed by atoms with E-state index in [2.05, 4.69) is 10.3 Å². The van der Waals surface area contributed by atoms with Crippen molar-refractivity contribution in [2.45, 2.75) is 4.90 Å². The molecule has 0 bridgehead atoms. The zero-order valence-electron chi connectivity index (χ0n) is 17.3. The molecule has 1 N–H and O–H groups in total. The number of rotatable bonds is 5. The van der Waals surface area contributed by atoms with Gasteiger partial charge in [-0.1, -0.05) is 18.2 Å². The van der Waals surface area contributed by atoms with E-state index < -0.39 is 9.84 Å². The van der Waals surface area contributed by atoms with Crippen LogP contribution in [0.1, 0.15) is 0 Å². The van der Waals surface area contributed by atoms with E-state index in [1.54, 1.807) is 30.5 Å². The molecule has 5 aromatic rings. The molecule has 2 heterocycles. The van der Waals surface area contributed by atoms with Crippen LogP contribution >= 0.6 is 0 Å². The van der Waals surface area contributed by atoms with Gasteiger partial charge in [0, 0.05) is 35.1 Å². The molecule has 0 unspecified atom stereocenters. The van der Waals surface area contributed by atoms with Crippen LogP contribution in [0.15, 0.2) is 102 Å². The zero-order chi connectivity index (χ0) is 22.1. The number of anilines is 2. The van der Waals surface area contributed by atoms with Gasteiger partial charge in [0.2, 0.25) is 0 Å². The van der Waals surface area contributed by atoms with E-state index in [1.807, 2.05) is 71.3 Å². The second-order valence-electron chi connectivity index (χ2n) is 7.45. The van der Waals surface area contributed by atoms with Crippen molar-refractivity contribution in [1.82, 2.24) is 14.5 Å². The smallest absolute Gasteiger partial charge is 0.178 e. The van der Waals surface area contributed by atoms with Crippen LogP contribution < -0.4 is 5.32 Å². The fourth-order valence-electron chi connectivity index (χ4n) is 3.60. The van der Waals surface area contributed by atoms with Crippen molar-refractivity contribution in [3.63, 3.8) is 0 Å². The number of hydrogen-bond donors (Lipinski definition) is 1. The van der Waals surface area contributed by atoms with E-state index in [1.165, 1.54) is 6.26 Å². The standard InChI is InChI=1S/C25H20N4O2S/c1-32(30,31)22-15-9-18(10-16-22)25-28-24-23(8-5-17-26-24)29(25)21-13-11-20(12-14-21)27-19-6-3-2-4-7-19/h2-17,27H,1H3. The molecule has 0 spiro atoms. The molecule has 158 valence electrons. The van der Waals surface area contributed by atoms with Crippen molar-refractivity contribution in [3.05, 3.63) is 97.2 Å². The molecule has 0 fully saturated rings. The summed E-state index contributed by atoms with van der Waals surface area (Å²) < 4.78 is 25.7. The first-order valence-electron chi connectivity index (χ1n) is 10.1. The maximum Gasteiger partial charge on any atom is 0.178 e. The molecular formula is C25H20N4O2S. The Kier molecular flexibility index (Phi) is 4.95. The minimum absolute atomic E-state index is 0.276. The van der Waals surface area contributed by atoms with Crippen LogP contribution in [-0.2, 0) is 9.84 Å². The lowest BCUT2D eigenvalue weighted by molar-refractivity contribution is 0.602. The molecule has 0 saturated heterocycles. The highest BCUT2D eigenvalue weighted by Crippen LogP contribution is 2.29. The van der Waals surface area contributed by atoms with Gasteiger partial charge in [-0.15, -0.1) is 0 Å². The lowest BCUT2D eigenvalue weighted by Gasteiger charge is -2.12. The van der Waals surface area contributed by atoms with E-state index in [0.29, 0.717) is 11.5 Å². The minimum atomic E-state index is -3.27. The van der Waals surface area contributed by atoms with Crippen molar-refractivity contribution in [2.24, 2.45) is 0 Å². The first kappa shape index (κ1) is 20.0. The number of sulfone groups is 1. The van der Waals surface area contributed by atoms with Gasteiger partial charge in [0.15, 0.2) is 15.5 Å². The first-order chi connectivity index (χ1) is 15.5. The van der Waals surface area contributed by atoms with Crippen LogP contribution in [0.25, 0.3) is 28.2 Å². The molecule has 0 aliphatic rings. The Morgan fingerprint density at radius 2 is 1.47 bits per heavy atom. The molecule has 0 aliphatic heterocycles. The van der Waals surface area contributed by atoms with Crippen molar-refractivity contribution in [1.29, 1.82) is 0 Å². The average molecular weight is 441 g/mol. The van der Waals surface area contributed by atoms with Crippen molar-refractivity contribution >= 4 is 32.4 Å². The third kappa shape index (κ3) is 3.86. The second-order valence-corrected chi connectivity index (χ2v) is 9.47. The molecule has 2 aromatic heterocycles. The van der Waals surface area contributed by atoms with E-state index >= 15 is 0 Å². The van der Waals surface area contributed by atoms with Crippen LogP contribution in [-0.4, -0.2) is 29.2 Å². The number of nitrogens with zero attached hydrogens (tertiary/aromatic N) is 3. The quantitative estimate of drug-likeness (QED) is 0.405. The molecule has 0 aliphatic carbocycles. The highest BCUT2D eigenvalue weighted by Gasteiger charge is 2.16. The lowest BCUT2D eigenvalue weighted by Crippen LogP contribution is -2.00. The predicted octanol–water partition coefficient (Wildman–Crippen LogP) is 5.23. The average Bonchev–Trinajstić information content (AvgIpc) is 3.19. The third-order valence-corrected chi connectivity index (χ3v) is 6.29. The maximum absolute atomic E-state index is 11.8. The van der Waals surface area contributed by atoms with Gasteiger partial charge in [-0.2, -0.15) is 0 Å². The Balaban J connectivity index is 1.58.